The van der Waals surface area contributed by atoms with Crippen LogP contribution in [0.2, 0.25) is 0 Å². The summed E-state index contributed by atoms with van der Waals surface area (Å²) in [6, 6.07) is -0.0708. The average Bonchev–Trinajstić information content (AvgIpc) is 2.11. The molecule has 0 bridgehead atoms. The Morgan fingerprint density at radius 3 is 2.44 bits per heavy atom. The van der Waals surface area contributed by atoms with Gasteiger partial charge < -0.3 is 10.8 Å². The number of aliphatic carboxylic acids is 1. The smallest absolute Gasteiger partial charge is 0.321 e. The second-order valence-corrected chi connectivity index (χ2v) is 4.68. The molecule has 90 valence electrons. The minimum atomic E-state index is -3.97. The molecule has 0 aliphatic rings. The van der Waals surface area contributed by atoms with Gasteiger partial charge in [-0.1, -0.05) is 0 Å². The van der Waals surface area contributed by atoms with E-state index in [-0.39, 0.29) is 12.8 Å². The lowest BCUT2D eigenvalue weighted by Crippen LogP contribution is -2.42. The first kappa shape index (κ1) is 14.3. The van der Waals surface area contributed by atoms with E-state index < -0.39 is 33.7 Å². The molecule has 9 heteroatoms. The van der Waals surface area contributed by atoms with E-state index in [0.29, 0.717) is 0 Å². The summed E-state index contributed by atoms with van der Waals surface area (Å²) in [5.74, 6) is -3.00. The average molecular weight is 249 g/mol. The maximum absolute atomic E-state index is 11.1. The Balaban J connectivity index is 4.53. The van der Waals surface area contributed by atoms with Crippen molar-refractivity contribution in [2.45, 2.75) is 18.9 Å². The largest absolute Gasteiger partial charge is 0.480 e. The number of hydrogen-bond donors (Lipinski definition) is 3. The van der Waals surface area contributed by atoms with E-state index in [0.717, 1.165) is 0 Å². The van der Waals surface area contributed by atoms with Gasteiger partial charge in [0.2, 0.25) is 15.9 Å². The van der Waals surface area contributed by atoms with Crippen molar-refractivity contribution in [3.8, 4) is 6.07 Å². The zero-order chi connectivity index (χ0) is 12.8. The Morgan fingerprint density at radius 1 is 1.50 bits per heavy atom. The highest BCUT2D eigenvalue weighted by Gasteiger charge is 2.23. The normalized spacial score (nSPS) is 12.7. The minimum absolute atomic E-state index is 0.255. The van der Waals surface area contributed by atoms with E-state index in [4.69, 9.17) is 16.1 Å². The van der Waals surface area contributed by atoms with Gasteiger partial charge in [0.1, 0.15) is 6.04 Å². The van der Waals surface area contributed by atoms with Crippen LogP contribution >= 0.6 is 0 Å². The quantitative estimate of drug-likeness (QED) is 0.481. The van der Waals surface area contributed by atoms with Crippen molar-refractivity contribution < 1.29 is 23.1 Å². The molecule has 1 unspecified atom stereocenters. The summed E-state index contributed by atoms with van der Waals surface area (Å²) in [5, 5.41) is 16.8. The fourth-order valence-electron chi connectivity index (χ4n) is 0.863. The summed E-state index contributed by atoms with van der Waals surface area (Å²) in [4.78, 5) is 21.0. The zero-order valence-corrected chi connectivity index (χ0v) is 9.03. The predicted molar refractivity (Wildman–Crippen MR) is 52.4 cm³/mol. The van der Waals surface area contributed by atoms with Crippen LogP contribution in [0.1, 0.15) is 12.8 Å². The van der Waals surface area contributed by atoms with Crippen LogP contribution in [0.4, 0.5) is 0 Å². The molecule has 0 radical (unpaired) electrons. The van der Waals surface area contributed by atoms with Crippen LogP contribution in [-0.2, 0) is 19.6 Å². The molecule has 16 heavy (non-hydrogen) atoms. The first-order chi connectivity index (χ1) is 7.28. The molecule has 0 aromatic heterocycles. The summed E-state index contributed by atoms with van der Waals surface area (Å²) in [6.45, 7) is 0. The van der Waals surface area contributed by atoms with Gasteiger partial charge in [0.15, 0.2) is 5.75 Å². The van der Waals surface area contributed by atoms with E-state index in [1.807, 2.05) is 0 Å². The van der Waals surface area contributed by atoms with Crippen molar-refractivity contribution >= 4 is 21.9 Å². The Kier molecular flexibility index (Phi) is 5.41. The first-order valence-electron chi connectivity index (χ1n) is 4.16. The number of carbonyl (C=O) groups is 2. The van der Waals surface area contributed by atoms with Crippen LogP contribution in [0.5, 0.6) is 0 Å². The lowest BCUT2D eigenvalue weighted by Gasteiger charge is -2.12. The van der Waals surface area contributed by atoms with E-state index in [2.05, 4.69) is 0 Å². The maximum Gasteiger partial charge on any atom is 0.321 e. The van der Waals surface area contributed by atoms with Crippen molar-refractivity contribution in [1.29, 1.82) is 5.26 Å². The Morgan fingerprint density at radius 2 is 2.06 bits per heavy atom. The Hall–Kier alpha value is -1.66. The third kappa shape index (κ3) is 5.94. The lowest BCUT2D eigenvalue weighted by atomic mass is 10.2. The standard InChI is InChI=1S/C7H11N3O5S/c8-3-4-16(14,15)10-5(7(12)13)1-2-6(9)11/h5,10H,1-2,4H2,(H2,9,11)(H,12,13). The maximum atomic E-state index is 11.1. The van der Waals surface area contributed by atoms with Gasteiger partial charge in [0.05, 0.1) is 6.07 Å². The highest BCUT2D eigenvalue weighted by atomic mass is 32.2. The molecule has 0 heterocycles. The molecule has 1 amide bonds. The van der Waals surface area contributed by atoms with Crippen LogP contribution in [0.25, 0.3) is 0 Å². The lowest BCUT2D eigenvalue weighted by molar-refractivity contribution is -0.139. The summed E-state index contributed by atoms with van der Waals surface area (Å²) >= 11 is 0. The molecular weight excluding hydrogens is 238 g/mol. The number of nitriles is 1. The van der Waals surface area contributed by atoms with Crippen molar-refractivity contribution in [1.82, 2.24) is 4.72 Å². The summed E-state index contributed by atoms with van der Waals surface area (Å²) in [5.41, 5.74) is 4.80. The van der Waals surface area contributed by atoms with Crippen LogP contribution < -0.4 is 10.5 Å². The van der Waals surface area contributed by atoms with Gasteiger partial charge in [-0.05, 0) is 6.42 Å². The van der Waals surface area contributed by atoms with E-state index in [1.165, 1.54) is 6.07 Å². The number of primary amides is 1. The highest BCUT2D eigenvalue weighted by Crippen LogP contribution is 2.00. The van der Waals surface area contributed by atoms with Crippen molar-refractivity contribution in [3.63, 3.8) is 0 Å². The third-order valence-electron chi connectivity index (χ3n) is 1.55. The molecule has 8 nitrogen and oxygen atoms in total. The zero-order valence-electron chi connectivity index (χ0n) is 8.21. The highest BCUT2D eigenvalue weighted by molar-refractivity contribution is 7.89. The molecule has 0 aromatic carbocycles. The molecule has 0 aliphatic heterocycles. The minimum Gasteiger partial charge on any atom is -0.480 e. The van der Waals surface area contributed by atoms with Crippen LogP contribution in [-0.4, -0.2) is 37.2 Å². The van der Waals surface area contributed by atoms with Crippen LogP contribution in [0, 0.1) is 11.3 Å². The molecule has 1 atom stereocenters. The fourth-order valence-corrected chi connectivity index (χ4v) is 1.77. The van der Waals surface area contributed by atoms with Gasteiger partial charge in [-0.2, -0.15) is 5.26 Å². The van der Waals surface area contributed by atoms with E-state index in [9.17, 15) is 18.0 Å². The van der Waals surface area contributed by atoms with Gasteiger partial charge in [-0.3, -0.25) is 9.59 Å². The van der Waals surface area contributed by atoms with E-state index in [1.54, 1.807) is 4.72 Å². The Labute approximate surface area is 92.1 Å². The van der Waals surface area contributed by atoms with Gasteiger partial charge in [0, 0.05) is 6.42 Å². The number of amides is 1. The van der Waals surface area contributed by atoms with Crippen molar-refractivity contribution in [2.24, 2.45) is 5.73 Å². The Bertz CT molecular complexity index is 410. The van der Waals surface area contributed by atoms with Gasteiger partial charge in [-0.15, -0.1) is 0 Å². The van der Waals surface area contributed by atoms with E-state index >= 15 is 0 Å². The SMILES string of the molecule is N#CCS(=O)(=O)NC(CCC(N)=O)C(=O)O. The number of hydrogen-bond acceptors (Lipinski definition) is 5. The molecule has 0 fully saturated rings. The monoisotopic (exact) mass is 249 g/mol. The third-order valence-corrected chi connectivity index (χ3v) is 2.71. The summed E-state index contributed by atoms with van der Waals surface area (Å²) < 4.78 is 23.9. The molecular formula is C7H11N3O5S. The number of sulfonamides is 1. The fraction of sp³-hybridized carbons (Fsp3) is 0.571. The van der Waals surface area contributed by atoms with Crippen LogP contribution in [0.15, 0.2) is 0 Å². The van der Waals surface area contributed by atoms with Crippen molar-refractivity contribution in [2.75, 3.05) is 5.75 Å². The number of carboxylic acids is 1. The van der Waals surface area contributed by atoms with Crippen molar-refractivity contribution in [3.05, 3.63) is 0 Å². The summed E-state index contributed by atoms with van der Waals surface area (Å²) in [6.07, 6.45) is -0.513. The number of carboxylic acid groups (broad SMARTS) is 1. The van der Waals surface area contributed by atoms with Gasteiger partial charge in [-0.25, -0.2) is 13.1 Å². The van der Waals surface area contributed by atoms with Gasteiger partial charge >= 0.3 is 5.97 Å². The number of nitrogens with two attached hydrogens (primary N) is 1. The number of rotatable bonds is 7. The topological polar surface area (TPSA) is 150 Å². The number of nitrogens with zero attached hydrogens (tertiary/aromatic N) is 1. The molecule has 0 rings (SSSR count). The molecule has 0 aliphatic carbocycles. The number of carbonyl (C=O) groups excluding carboxylic acids is 1. The molecule has 0 saturated heterocycles. The second kappa shape index (κ2) is 6.04. The van der Waals surface area contributed by atoms with Gasteiger partial charge in [0.25, 0.3) is 0 Å². The molecule has 4 N–H and O–H groups in total. The first-order valence-corrected chi connectivity index (χ1v) is 5.82. The summed E-state index contributed by atoms with van der Waals surface area (Å²) in [7, 11) is -3.97. The second-order valence-electron chi connectivity index (χ2n) is 2.93. The predicted octanol–water partition coefficient (Wildman–Crippen LogP) is -1.85. The molecule has 0 spiro atoms. The van der Waals surface area contributed by atoms with Crippen LogP contribution in [0.3, 0.4) is 0 Å². The molecule has 0 aromatic rings. The number of nitrogens with one attached hydrogen (secondary N) is 1. The molecule has 0 saturated carbocycles.